The summed E-state index contributed by atoms with van der Waals surface area (Å²) in [6.07, 6.45) is 0.199. The maximum absolute atomic E-state index is 11.9. The Hall–Kier alpha value is -1.27. The zero-order chi connectivity index (χ0) is 14.1. The molecule has 1 aliphatic heterocycles. The highest BCUT2D eigenvalue weighted by Crippen LogP contribution is 2.29. The molecule has 1 saturated heterocycles. The van der Waals surface area contributed by atoms with Crippen LogP contribution in [0.3, 0.4) is 0 Å². The summed E-state index contributed by atoms with van der Waals surface area (Å²) in [5, 5.41) is 3.54. The van der Waals surface area contributed by atoms with Gasteiger partial charge in [0.15, 0.2) is 15.4 Å². The van der Waals surface area contributed by atoms with E-state index in [1.807, 2.05) is 0 Å². The van der Waals surface area contributed by atoms with Gasteiger partial charge in [-0.1, -0.05) is 11.6 Å². The second-order valence-electron chi connectivity index (χ2n) is 4.55. The van der Waals surface area contributed by atoms with Crippen molar-refractivity contribution in [2.75, 3.05) is 23.9 Å². The minimum atomic E-state index is -3.23. The summed E-state index contributed by atoms with van der Waals surface area (Å²) in [7, 11) is -1.98. The fourth-order valence-corrected chi connectivity index (χ4v) is 4.18. The normalized spacial score (nSPS) is 24.9. The summed E-state index contributed by atoms with van der Waals surface area (Å²) in [4.78, 5) is 11.9. The summed E-state index contributed by atoms with van der Waals surface area (Å²) in [6.45, 7) is 0. The Morgan fingerprint density at radius 2 is 2.00 bits per heavy atom. The number of methoxy groups -OCH3 is 1. The molecule has 1 N–H and O–H groups in total. The number of rotatable bonds is 3. The molecule has 0 radical (unpaired) electrons. The van der Waals surface area contributed by atoms with Gasteiger partial charge < -0.3 is 10.1 Å². The molecule has 1 unspecified atom stereocenters. The van der Waals surface area contributed by atoms with Crippen molar-refractivity contribution < 1.29 is 17.9 Å². The highest BCUT2D eigenvalue weighted by Gasteiger charge is 2.49. The molecular weight excluding hydrogens is 290 g/mol. The molecule has 1 heterocycles. The Morgan fingerprint density at radius 3 is 2.47 bits per heavy atom. The SMILES string of the molecule is COC(=O)C1(Nc2ccc(Cl)cc2)CCS(=O)(=O)C1. The van der Waals surface area contributed by atoms with Gasteiger partial charge in [-0.05, 0) is 30.7 Å². The lowest BCUT2D eigenvalue weighted by Crippen LogP contribution is -2.48. The van der Waals surface area contributed by atoms with Crippen LogP contribution in [0.5, 0.6) is 0 Å². The number of benzene rings is 1. The number of carbonyl (C=O) groups excluding carboxylic acids is 1. The van der Waals surface area contributed by atoms with Crippen LogP contribution in [0, 0.1) is 0 Å². The number of nitrogens with one attached hydrogen (secondary N) is 1. The molecule has 0 spiro atoms. The molecule has 0 amide bonds. The lowest BCUT2D eigenvalue weighted by molar-refractivity contribution is -0.145. The first-order valence-electron chi connectivity index (χ1n) is 5.69. The molecule has 0 bridgehead atoms. The van der Waals surface area contributed by atoms with E-state index in [2.05, 4.69) is 5.32 Å². The smallest absolute Gasteiger partial charge is 0.332 e. The van der Waals surface area contributed by atoms with E-state index in [0.717, 1.165) is 0 Å². The van der Waals surface area contributed by atoms with Crippen LogP contribution >= 0.6 is 11.6 Å². The average molecular weight is 304 g/mol. The van der Waals surface area contributed by atoms with Crippen molar-refractivity contribution in [2.45, 2.75) is 12.0 Å². The van der Waals surface area contributed by atoms with E-state index in [-0.39, 0.29) is 17.9 Å². The molecule has 1 atom stereocenters. The molecule has 0 aromatic heterocycles. The molecule has 1 aromatic rings. The number of anilines is 1. The Kier molecular flexibility index (Phi) is 3.73. The monoisotopic (exact) mass is 303 g/mol. The average Bonchev–Trinajstić information content (AvgIpc) is 2.68. The van der Waals surface area contributed by atoms with Crippen LogP contribution in [-0.2, 0) is 19.4 Å². The fourth-order valence-electron chi connectivity index (χ4n) is 2.16. The topological polar surface area (TPSA) is 72.5 Å². The predicted molar refractivity (Wildman–Crippen MR) is 73.1 cm³/mol. The van der Waals surface area contributed by atoms with Crippen LogP contribution in [-0.4, -0.2) is 38.5 Å². The maximum Gasteiger partial charge on any atom is 0.332 e. The van der Waals surface area contributed by atoms with E-state index >= 15 is 0 Å². The molecule has 1 fully saturated rings. The van der Waals surface area contributed by atoms with Crippen molar-refractivity contribution in [1.82, 2.24) is 0 Å². The Balaban J connectivity index is 2.30. The summed E-state index contributed by atoms with van der Waals surface area (Å²) in [5.41, 5.74) is -0.576. The van der Waals surface area contributed by atoms with Crippen LogP contribution in [0.4, 0.5) is 5.69 Å². The van der Waals surface area contributed by atoms with Crippen molar-refractivity contribution in [3.05, 3.63) is 29.3 Å². The summed E-state index contributed by atoms with van der Waals surface area (Å²) >= 11 is 5.78. The van der Waals surface area contributed by atoms with Crippen LogP contribution in [0.15, 0.2) is 24.3 Å². The van der Waals surface area contributed by atoms with Crippen molar-refractivity contribution in [3.63, 3.8) is 0 Å². The molecule has 0 aliphatic carbocycles. The van der Waals surface area contributed by atoms with E-state index in [4.69, 9.17) is 16.3 Å². The van der Waals surface area contributed by atoms with Crippen molar-refractivity contribution in [2.24, 2.45) is 0 Å². The third-order valence-corrected chi connectivity index (χ3v) is 5.12. The number of hydrogen-bond acceptors (Lipinski definition) is 5. The summed E-state index contributed by atoms with van der Waals surface area (Å²) < 4.78 is 28.0. The summed E-state index contributed by atoms with van der Waals surface area (Å²) in [6, 6.07) is 6.71. The minimum Gasteiger partial charge on any atom is -0.467 e. The third-order valence-electron chi connectivity index (χ3n) is 3.11. The number of sulfone groups is 1. The molecular formula is C12H14ClNO4S. The lowest BCUT2D eigenvalue weighted by Gasteiger charge is -2.27. The van der Waals surface area contributed by atoms with Gasteiger partial charge in [0.1, 0.15) is 0 Å². The molecule has 7 heteroatoms. The number of halogens is 1. The van der Waals surface area contributed by atoms with Gasteiger partial charge in [0.2, 0.25) is 0 Å². The van der Waals surface area contributed by atoms with Gasteiger partial charge in [-0.2, -0.15) is 0 Å². The molecule has 2 rings (SSSR count). The predicted octanol–water partition coefficient (Wildman–Crippen LogP) is 1.48. The highest BCUT2D eigenvalue weighted by molar-refractivity contribution is 7.91. The third kappa shape index (κ3) is 3.01. The van der Waals surface area contributed by atoms with E-state index in [1.165, 1.54) is 7.11 Å². The Morgan fingerprint density at radius 1 is 1.37 bits per heavy atom. The van der Waals surface area contributed by atoms with Crippen LogP contribution in [0.2, 0.25) is 5.02 Å². The zero-order valence-electron chi connectivity index (χ0n) is 10.3. The minimum absolute atomic E-state index is 0.0251. The maximum atomic E-state index is 11.9. The van der Waals surface area contributed by atoms with Gasteiger partial charge in [0, 0.05) is 10.7 Å². The lowest BCUT2D eigenvalue weighted by atomic mass is 9.98. The molecule has 1 aromatic carbocycles. The highest BCUT2D eigenvalue weighted by atomic mass is 35.5. The number of esters is 1. The largest absolute Gasteiger partial charge is 0.467 e. The summed E-state index contributed by atoms with van der Waals surface area (Å²) in [5.74, 6) is -0.846. The van der Waals surface area contributed by atoms with Gasteiger partial charge >= 0.3 is 5.97 Å². The quantitative estimate of drug-likeness (QED) is 0.856. The Labute approximate surface area is 116 Å². The van der Waals surface area contributed by atoms with E-state index in [0.29, 0.717) is 10.7 Å². The van der Waals surface area contributed by atoms with Gasteiger partial charge in [0.25, 0.3) is 0 Å². The first-order valence-corrected chi connectivity index (χ1v) is 7.89. The molecule has 104 valence electrons. The second-order valence-corrected chi connectivity index (χ2v) is 7.17. The Bertz CT molecular complexity index is 584. The first-order chi connectivity index (χ1) is 8.87. The first kappa shape index (κ1) is 14.1. The van der Waals surface area contributed by atoms with Crippen molar-refractivity contribution in [3.8, 4) is 0 Å². The zero-order valence-corrected chi connectivity index (χ0v) is 11.9. The van der Waals surface area contributed by atoms with Crippen LogP contribution < -0.4 is 5.32 Å². The van der Waals surface area contributed by atoms with E-state index in [9.17, 15) is 13.2 Å². The molecule has 1 aliphatic rings. The van der Waals surface area contributed by atoms with Gasteiger partial charge in [-0.15, -0.1) is 0 Å². The van der Waals surface area contributed by atoms with Crippen molar-refractivity contribution in [1.29, 1.82) is 0 Å². The van der Waals surface area contributed by atoms with Gasteiger partial charge in [-0.3, -0.25) is 0 Å². The fraction of sp³-hybridized carbons (Fsp3) is 0.417. The second kappa shape index (κ2) is 5.02. The standard InChI is InChI=1S/C12H14ClNO4S/c1-18-11(15)12(6-7-19(16,17)8-12)14-10-4-2-9(13)3-5-10/h2-5,14H,6-8H2,1H3. The van der Waals surface area contributed by atoms with Gasteiger partial charge in [-0.25, -0.2) is 13.2 Å². The molecule has 0 saturated carbocycles. The number of ether oxygens (including phenoxy) is 1. The van der Waals surface area contributed by atoms with E-state index < -0.39 is 21.3 Å². The molecule has 5 nitrogen and oxygen atoms in total. The van der Waals surface area contributed by atoms with E-state index in [1.54, 1.807) is 24.3 Å². The number of hydrogen-bond donors (Lipinski definition) is 1. The molecule has 19 heavy (non-hydrogen) atoms. The van der Waals surface area contributed by atoms with Gasteiger partial charge in [0.05, 0.1) is 18.6 Å². The number of carbonyl (C=O) groups is 1. The van der Waals surface area contributed by atoms with Crippen LogP contribution in [0.25, 0.3) is 0 Å². The van der Waals surface area contributed by atoms with Crippen LogP contribution in [0.1, 0.15) is 6.42 Å². The van der Waals surface area contributed by atoms with Crippen molar-refractivity contribution >= 4 is 33.1 Å².